The normalized spacial score (nSPS) is 12.1. The van der Waals surface area contributed by atoms with E-state index >= 15 is 0 Å². The van der Waals surface area contributed by atoms with E-state index in [9.17, 15) is 22.0 Å². The van der Waals surface area contributed by atoms with Gasteiger partial charge in [-0.25, -0.2) is 13.2 Å². The first-order chi connectivity index (χ1) is 8.93. The van der Waals surface area contributed by atoms with Crippen molar-refractivity contribution in [2.75, 3.05) is 13.2 Å². The third-order valence-electron chi connectivity index (χ3n) is 2.17. The zero-order valence-corrected chi connectivity index (χ0v) is 9.74. The van der Waals surface area contributed by atoms with Gasteiger partial charge < -0.3 is 4.74 Å². The van der Waals surface area contributed by atoms with Crippen LogP contribution in [-0.4, -0.2) is 19.2 Å². The fourth-order valence-corrected chi connectivity index (χ4v) is 1.27. The Balaban J connectivity index is 3.00. The summed E-state index contributed by atoms with van der Waals surface area (Å²) in [4.78, 5) is 0. The number of rotatable bonds is 5. The molecule has 1 rings (SSSR count). The van der Waals surface area contributed by atoms with Gasteiger partial charge in [0.05, 0.1) is 6.07 Å². The van der Waals surface area contributed by atoms with Crippen molar-refractivity contribution in [1.82, 2.24) is 5.32 Å². The molecule has 0 amide bonds. The van der Waals surface area contributed by atoms with E-state index in [2.05, 4.69) is 10.1 Å². The Kier molecular flexibility index (Phi) is 5.06. The van der Waals surface area contributed by atoms with Gasteiger partial charge in [0.15, 0.2) is 5.75 Å². The minimum absolute atomic E-state index is 0.374. The fraction of sp³-hybridized carbons (Fsp3) is 0.364. The van der Waals surface area contributed by atoms with Crippen molar-refractivity contribution in [2.24, 2.45) is 0 Å². The largest absolute Gasteiger partial charge is 0.485 e. The van der Waals surface area contributed by atoms with E-state index in [1.807, 2.05) is 0 Å². The van der Waals surface area contributed by atoms with Crippen LogP contribution >= 0.6 is 0 Å². The average Bonchev–Trinajstić information content (AvgIpc) is 2.41. The minimum Gasteiger partial charge on any atom is -0.485 e. The van der Waals surface area contributed by atoms with Crippen molar-refractivity contribution in [3.63, 3.8) is 0 Å². The van der Waals surface area contributed by atoms with Crippen LogP contribution in [0.2, 0.25) is 0 Å². The molecule has 0 aliphatic carbocycles. The van der Waals surface area contributed by atoms with E-state index in [1.54, 1.807) is 13.0 Å². The van der Waals surface area contributed by atoms with Crippen LogP contribution in [0.5, 0.6) is 5.75 Å². The Morgan fingerprint density at radius 2 is 1.53 bits per heavy atom. The van der Waals surface area contributed by atoms with Crippen molar-refractivity contribution in [3.8, 4) is 11.8 Å². The molecule has 3 nitrogen and oxygen atoms in total. The maximum Gasteiger partial charge on any atom is 0.206 e. The molecule has 19 heavy (non-hydrogen) atoms. The number of ether oxygens (including phenoxy) is 1. The second-order valence-corrected chi connectivity index (χ2v) is 3.45. The van der Waals surface area contributed by atoms with Crippen LogP contribution in [0, 0.1) is 40.4 Å². The number of hydrogen-bond acceptors (Lipinski definition) is 3. The number of hydrogen-bond donors (Lipinski definition) is 1. The molecule has 0 fully saturated rings. The molecule has 1 aromatic carbocycles. The van der Waals surface area contributed by atoms with Gasteiger partial charge in [0, 0.05) is 0 Å². The number of benzene rings is 1. The summed E-state index contributed by atoms with van der Waals surface area (Å²) in [6, 6.07) is 0.780. The molecule has 0 aromatic heterocycles. The Morgan fingerprint density at radius 1 is 1.05 bits per heavy atom. The number of likely N-dealkylation sites (N-methyl/N-ethyl adjacent to an activating group) is 1. The third kappa shape index (κ3) is 3.12. The molecule has 0 heterocycles. The highest BCUT2D eigenvalue weighted by molar-refractivity contribution is 5.29. The number of nitrogens with one attached hydrogen (secondary N) is 1. The van der Waals surface area contributed by atoms with E-state index in [4.69, 9.17) is 5.26 Å². The maximum absolute atomic E-state index is 13.2. The maximum atomic E-state index is 13.2. The van der Waals surface area contributed by atoms with E-state index in [0.717, 1.165) is 0 Å². The summed E-state index contributed by atoms with van der Waals surface area (Å²) in [6.45, 7) is 1.49. The Morgan fingerprint density at radius 3 is 1.95 bits per heavy atom. The Hall–Kier alpha value is -1.88. The number of nitriles is 1. The molecule has 0 spiro atoms. The van der Waals surface area contributed by atoms with Gasteiger partial charge in [0.1, 0.15) is 12.6 Å². The third-order valence-corrected chi connectivity index (χ3v) is 2.17. The van der Waals surface area contributed by atoms with Crippen molar-refractivity contribution in [2.45, 2.75) is 13.0 Å². The first-order valence-corrected chi connectivity index (χ1v) is 5.21. The fourth-order valence-electron chi connectivity index (χ4n) is 1.27. The molecule has 1 N–H and O–H groups in total. The quantitative estimate of drug-likeness (QED) is 0.511. The molecule has 0 bridgehead atoms. The van der Waals surface area contributed by atoms with Crippen molar-refractivity contribution < 1.29 is 26.7 Å². The molecular formula is C11H9F5N2O. The van der Waals surface area contributed by atoms with Crippen molar-refractivity contribution >= 4 is 0 Å². The van der Waals surface area contributed by atoms with Gasteiger partial charge in [-0.2, -0.15) is 14.0 Å². The van der Waals surface area contributed by atoms with Gasteiger partial charge in [0.2, 0.25) is 29.1 Å². The molecule has 0 saturated carbocycles. The molecule has 0 saturated heterocycles. The van der Waals surface area contributed by atoms with Crippen molar-refractivity contribution in [1.29, 1.82) is 5.26 Å². The summed E-state index contributed by atoms with van der Waals surface area (Å²) < 4.78 is 69.3. The van der Waals surface area contributed by atoms with Crippen LogP contribution < -0.4 is 10.1 Å². The lowest BCUT2D eigenvalue weighted by atomic mass is 10.2. The summed E-state index contributed by atoms with van der Waals surface area (Å²) in [6.07, 6.45) is 0. The first-order valence-electron chi connectivity index (χ1n) is 5.21. The van der Waals surface area contributed by atoms with Crippen LogP contribution in [0.3, 0.4) is 0 Å². The molecule has 1 unspecified atom stereocenters. The molecule has 1 atom stereocenters. The van der Waals surface area contributed by atoms with E-state index in [1.165, 1.54) is 0 Å². The van der Waals surface area contributed by atoms with Crippen LogP contribution in [0.1, 0.15) is 6.92 Å². The van der Waals surface area contributed by atoms with Gasteiger partial charge >= 0.3 is 0 Å². The zero-order valence-electron chi connectivity index (χ0n) is 9.74. The van der Waals surface area contributed by atoms with Gasteiger partial charge in [0.25, 0.3) is 0 Å². The summed E-state index contributed by atoms with van der Waals surface area (Å²) >= 11 is 0. The van der Waals surface area contributed by atoms with Gasteiger partial charge in [-0.05, 0) is 6.54 Å². The highest BCUT2D eigenvalue weighted by Gasteiger charge is 2.27. The van der Waals surface area contributed by atoms with Crippen LogP contribution in [0.15, 0.2) is 0 Å². The summed E-state index contributed by atoms with van der Waals surface area (Å²) in [5.74, 6) is -12.0. The lowest BCUT2D eigenvalue weighted by Gasteiger charge is -2.13. The first kappa shape index (κ1) is 15.2. The summed E-state index contributed by atoms with van der Waals surface area (Å²) in [5.41, 5.74) is 0. The average molecular weight is 280 g/mol. The lowest BCUT2D eigenvalue weighted by molar-refractivity contribution is 0.247. The van der Waals surface area contributed by atoms with Gasteiger partial charge in [-0.15, -0.1) is 0 Å². The van der Waals surface area contributed by atoms with Crippen LogP contribution in [0.4, 0.5) is 22.0 Å². The summed E-state index contributed by atoms with van der Waals surface area (Å²) in [7, 11) is 0. The highest BCUT2D eigenvalue weighted by Crippen LogP contribution is 2.29. The molecule has 104 valence electrons. The molecule has 1 aromatic rings. The van der Waals surface area contributed by atoms with Crippen LogP contribution in [0.25, 0.3) is 0 Å². The molecule has 0 aliphatic rings. The van der Waals surface area contributed by atoms with E-state index < -0.39 is 47.5 Å². The zero-order chi connectivity index (χ0) is 14.6. The number of nitrogens with zero attached hydrogens (tertiary/aromatic N) is 1. The van der Waals surface area contributed by atoms with Crippen LogP contribution in [-0.2, 0) is 0 Å². The van der Waals surface area contributed by atoms with Gasteiger partial charge in [-0.3, -0.25) is 5.32 Å². The molecule has 0 radical (unpaired) electrons. The Bertz CT molecular complexity index is 486. The van der Waals surface area contributed by atoms with E-state index in [0.29, 0.717) is 6.54 Å². The van der Waals surface area contributed by atoms with E-state index in [-0.39, 0.29) is 0 Å². The molecular weight excluding hydrogens is 271 g/mol. The Labute approximate surface area is 105 Å². The predicted octanol–water partition coefficient (Wildman–Crippen LogP) is 2.26. The molecule has 8 heteroatoms. The summed E-state index contributed by atoms with van der Waals surface area (Å²) in [5, 5.41) is 11.2. The minimum atomic E-state index is -2.26. The topological polar surface area (TPSA) is 45.0 Å². The number of halogens is 5. The highest BCUT2D eigenvalue weighted by atomic mass is 19.2. The lowest BCUT2D eigenvalue weighted by Crippen LogP contribution is -2.33. The second-order valence-electron chi connectivity index (χ2n) is 3.45. The molecule has 0 aliphatic heterocycles. The van der Waals surface area contributed by atoms with Crippen molar-refractivity contribution in [3.05, 3.63) is 29.1 Å². The van der Waals surface area contributed by atoms with Gasteiger partial charge in [-0.1, -0.05) is 6.92 Å². The SMILES string of the molecule is CCNC(C#N)COc1c(F)c(F)c(F)c(F)c1F. The standard InChI is InChI=1S/C11H9F5N2O/c1-2-18-5(3-17)4-19-11-9(15)7(13)6(12)8(14)10(11)16/h5,18H,2,4H2,1H3. The monoisotopic (exact) mass is 280 g/mol. The smallest absolute Gasteiger partial charge is 0.206 e. The predicted molar refractivity (Wildman–Crippen MR) is 54.8 cm³/mol. The second kappa shape index (κ2) is 6.33.